The summed E-state index contributed by atoms with van der Waals surface area (Å²) in [4.78, 5) is 28.3. The van der Waals surface area contributed by atoms with Crippen LogP contribution in [0, 0.1) is 5.92 Å². The third-order valence-corrected chi connectivity index (χ3v) is 3.51. The fourth-order valence-corrected chi connectivity index (χ4v) is 2.52. The molecule has 0 aliphatic carbocycles. The summed E-state index contributed by atoms with van der Waals surface area (Å²) in [6, 6.07) is 2.65. The molecule has 6 nitrogen and oxygen atoms in total. The zero-order chi connectivity index (χ0) is 14.0. The normalized spacial score (nSPS) is 23.1. The third kappa shape index (κ3) is 2.67. The van der Waals surface area contributed by atoms with E-state index in [2.05, 4.69) is 4.98 Å². The molecule has 2 heterocycles. The van der Waals surface area contributed by atoms with Gasteiger partial charge in [-0.3, -0.25) is 4.79 Å². The first-order valence-corrected chi connectivity index (χ1v) is 6.26. The highest BCUT2D eigenvalue weighted by Crippen LogP contribution is 2.27. The van der Waals surface area contributed by atoms with E-state index in [0.717, 1.165) is 12.8 Å². The van der Waals surface area contributed by atoms with E-state index in [1.807, 2.05) is 6.92 Å². The summed E-state index contributed by atoms with van der Waals surface area (Å²) in [5, 5.41) is 9.34. The molecule has 1 aliphatic heterocycles. The average Bonchev–Trinajstić information content (AvgIpc) is 2.38. The van der Waals surface area contributed by atoms with E-state index in [-0.39, 0.29) is 5.92 Å². The van der Waals surface area contributed by atoms with Crippen LogP contribution in [0.4, 0.5) is 5.82 Å². The molecule has 1 aromatic rings. The number of amides is 1. The number of pyridine rings is 1. The number of aliphatic carboxylic acids is 1. The maximum Gasteiger partial charge on any atom is 0.326 e. The monoisotopic (exact) mass is 263 g/mol. The van der Waals surface area contributed by atoms with Crippen LogP contribution in [0.15, 0.2) is 18.3 Å². The second-order valence-electron chi connectivity index (χ2n) is 4.87. The zero-order valence-electron chi connectivity index (χ0n) is 10.7. The standard InChI is InChI=1S/C13H17N3O3/c1-8-3-2-6-16(11(8)13(18)19)10-5-4-9(7-15-10)12(14)17/h4-5,7-8,11H,2-3,6H2,1H3,(H2,14,17)(H,18,19). The van der Waals surface area contributed by atoms with E-state index in [4.69, 9.17) is 5.73 Å². The number of hydrogen-bond acceptors (Lipinski definition) is 4. The Morgan fingerprint density at radius 1 is 1.47 bits per heavy atom. The van der Waals surface area contributed by atoms with Gasteiger partial charge in [-0.15, -0.1) is 0 Å². The molecule has 1 fully saturated rings. The van der Waals surface area contributed by atoms with Crippen molar-refractivity contribution in [1.82, 2.24) is 4.98 Å². The Morgan fingerprint density at radius 2 is 2.21 bits per heavy atom. The number of nitrogens with zero attached hydrogens (tertiary/aromatic N) is 2. The number of carbonyl (C=O) groups excluding carboxylic acids is 1. The number of hydrogen-bond donors (Lipinski definition) is 2. The molecule has 19 heavy (non-hydrogen) atoms. The molecule has 3 N–H and O–H groups in total. The van der Waals surface area contributed by atoms with Gasteiger partial charge in [0.2, 0.25) is 5.91 Å². The van der Waals surface area contributed by atoms with E-state index in [0.29, 0.717) is 17.9 Å². The van der Waals surface area contributed by atoms with Crippen molar-refractivity contribution in [3.63, 3.8) is 0 Å². The third-order valence-electron chi connectivity index (χ3n) is 3.51. The van der Waals surface area contributed by atoms with Crippen molar-refractivity contribution in [2.24, 2.45) is 11.7 Å². The lowest BCUT2D eigenvalue weighted by molar-refractivity contribution is -0.140. The summed E-state index contributed by atoms with van der Waals surface area (Å²) in [5.41, 5.74) is 5.47. The summed E-state index contributed by atoms with van der Waals surface area (Å²) in [6.07, 6.45) is 3.22. The van der Waals surface area contributed by atoms with Gasteiger partial charge >= 0.3 is 5.97 Å². The van der Waals surface area contributed by atoms with Crippen molar-refractivity contribution in [2.45, 2.75) is 25.8 Å². The molecule has 1 amide bonds. The Labute approximate surface area is 111 Å². The number of anilines is 1. The highest BCUT2D eigenvalue weighted by molar-refractivity contribution is 5.92. The van der Waals surface area contributed by atoms with Crippen LogP contribution in [-0.4, -0.2) is 34.6 Å². The Kier molecular flexibility index (Phi) is 3.69. The van der Waals surface area contributed by atoms with E-state index in [1.165, 1.54) is 6.20 Å². The van der Waals surface area contributed by atoms with Crippen LogP contribution in [0.5, 0.6) is 0 Å². The zero-order valence-corrected chi connectivity index (χ0v) is 10.7. The SMILES string of the molecule is CC1CCCN(c2ccc(C(N)=O)cn2)C1C(=O)O. The van der Waals surface area contributed by atoms with Crippen molar-refractivity contribution in [3.8, 4) is 0 Å². The van der Waals surface area contributed by atoms with Crippen molar-refractivity contribution < 1.29 is 14.7 Å². The minimum atomic E-state index is -0.840. The summed E-state index contributed by atoms with van der Waals surface area (Å²) < 4.78 is 0. The van der Waals surface area contributed by atoms with Gasteiger partial charge in [0.15, 0.2) is 0 Å². The van der Waals surface area contributed by atoms with Gasteiger partial charge in [0.1, 0.15) is 11.9 Å². The largest absolute Gasteiger partial charge is 0.480 e. The van der Waals surface area contributed by atoms with Gasteiger partial charge in [0, 0.05) is 12.7 Å². The van der Waals surface area contributed by atoms with Gasteiger partial charge in [-0.2, -0.15) is 0 Å². The molecule has 1 aromatic heterocycles. The molecule has 0 aromatic carbocycles. The molecule has 2 rings (SSSR count). The second-order valence-corrected chi connectivity index (χ2v) is 4.87. The maximum absolute atomic E-state index is 11.4. The lowest BCUT2D eigenvalue weighted by Crippen LogP contribution is -2.49. The van der Waals surface area contributed by atoms with E-state index in [1.54, 1.807) is 17.0 Å². The lowest BCUT2D eigenvalue weighted by atomic mass is 9.91. The van der Waals surface area contributed by atoms with Crippen molar-refractivity contribution in [3.05, 3.63) is 23.9 Å². The molecular formula is C13H17N3O3. The number of nitrogens with two attached hydrogens (primary N) is 1. The number of carboxylic acid groups (broad SMARTS) is 1. The van der Waals surface area contributed by atoms with Gasteiger partial charge in [-0.1, -0.05) is 6.92 Å². The van der Waals surface area contributed by atoms with Crippen molar-refractivity contribution >= 4 is 17.7 Å². The first-order chi connectivity index (χ1) is 9.00. The molecule has 6 heteroatoms. The Morgan fingerprint density at radius 3 is 2.74 bits per heavy atom. The fourth-order valence-electron chi connectivity index (χ4n) is 2.52. The maximum atomic E-state index is 11.4. The predicted octanol–water partition coefficient (Wildman–Crippen LogP) is 0.870. The van der Waals surface area contributed by atoms with Gasteiger partial charge in [0.05, 0.1) is 5.56 Å². The van der Waals surface area contributed by atoms with E-state index >= 15 is 0 Å². The second kappa shape index (κ2) is 5.26. The number of primary amides is 1. The van der Waals surface area contributed by atoms with Crippen molar-refractivity contribution in [2.75, 3.05) is 11.4 Å². The number of piperidine rings is 1. The van der Waals surface area contributed by atoms with E-state index < -0.39 is 17.9 Å². The Balaban J connectivity index is 2.27. The summed E-state index contributed by atoms with van der Waals surface area (Å²) in [5.74, 6) is -0.735. The minimum absolute atomic E-state index is 0.0730. The molecule has 2 atom stereocenters. The molecule has 1 aliphatic rings. The first-order valence-electron chi connectivity index (χ1n) is 6.26. The molecule has 0 bridgehead atoms. The summed E-state index contributed by atoms with van der Waals surface area (Å²) >= 11 is 0. The minimum Gasteiger partial charge on any atom is -0.480 e. The highest BCUT2D eigenvalue weighted by atomic mass is 16.4. The van der Waals surface area contributed by atoms with Crippen LogP contribution < -0.4 is 10.6 Å². The van der Waals surface area contributed by atoms with Crippen molar-refractivity contribution in [1.29, 1.82) is 0 Å². The van der Waals surface area contributed by atoms with Gasteiger partial charge < -0.3 is 15.7 Å². The molecule has 2 unspecified atom stereocenters. The number of rotatable bonds is 3. The van der Waals surface area contributed by atoms with Crippen LogP contribution in [0.25, 0.3) is 0 Å². The van der Waals surface area contributed by atoms with E-state index in [9.17, 15) is 14.7 Å². The smallest absolute Gasteiger partial charge is 0.326 e. The molecule has 1 saturated heterocycles. The molecule has 0 saturated carbocycles. The van der Waals surface area contributed by atoms with Crippen LogP contribution in [0.2, 0.25) is 0 Å². The topological polar surface area (TPSA) is 96.5 Å². The lowest BCUT2D eigenvalue weighted by Gasteiger charge is -2.38. The number of aromatic nitrogens is 1. The summed E-state index contributed by atoms with van der Waals surface area (Å²) in [7, 11) is 0. The molecular weight excluding hydrogens is 246 g/mol. The van der Waals surface area contributed by atoms with Gasteiger partial charge in [0.25, 0.3) is 0 Å². The molecule has 0 spiro atoms. The van der Waals surface area contributed by atoms with Crippen LogP contribution >= 0.6 is 0 Å². The molecule has 102 valence electrons. The van der Waals surface area contributed by atoms with Crippen LogP contribution in [0.1, 0.15) is 30.1 Å². The average molecular weight is 263 g/mol. The predicted molar refractivity (Wildman–Crippen MR) is 69.9 cm³/mol. The van der Waals surface area contributed by atoms with Crippen LogP contribution in [-0.2, 0) is 4.79 Å². The summed E-state index contributed by atoms with van der Waals surface area (Å²) in [6.45, 7) is 2.59. The van der Waals surface area contributed by atoms with Gasteiger partial charge in [-0.05, 0) is 30.9 Å². The Hall–Kier alpha value is -2.11. The highest BCUT2D eigenvalue weighted by Gasteiger charge is 2.34. The van der Waals surface area contributed by atoms with Crippen LogP contribution in [0.3, 0.4) is 0 Å². The quantitative estimate of drug-likeness (QED) is 0.843. The number of carboxylic acids is 1. The van der Waals surface area contributed by atoms with Gasteiger partial charge in [-0.25, -0.2) is 9.78 Å². The molecule has 0 radical (unpaired) electrons. The Bertz CT molecular complexity index is 486. The number of carbonyl (C=O) groups is 2. The fraction of sp³-hybridized carbons (Fsp3) is 0.462. The first kappa shape index (κ1) is 13.3.